The Morgan fingerprint density at radius 1 is 1.41 bits per heavy atom. The molecule has 6 amide bonds. The first-order valence-electron chi connectivity index (χ1n) is 6.63. The van der Waals surface area contributed by atoms with Gasteiger partial charge < -0.3 is 10.6 Å². The van der Waals surface area contributed by atoms with Gasteiger partial charge in [-0.3, -0.25) is 19.8 Å². The first-order valence-corrected chi connectivity index (χ1v) is 7.57. The van der Waals surface area contributed by atoms with E-state index in [-0.39, 0.29) is 0 Å². The second-order valence-corrected chi connectivity index (χ2v) is 5.65. The molecular weight excluding hydrogens is 308 g/mol. The smallest absolute Gasteiger partial charge is 0.325 e. The molecule has 0 spiro atoms. The van der Waals surface area contributed by atoms with Crippen LogP contribution in [0.2, 0.25) is 0 Å². The molecule has 0 saturated carbocycles. The second-order valence-electron chi connectivity index (χ2n) is 4.87. The third-order valence-corrected chi connectivity index (χ3v) is 3.95. The number of nitrogens with one attached hydrogen (secondary N) is 3. The maximum absolute atomic E-state index is 12.4. The monoisotopic (exact) mass is 324 g/mol. The van der Waals surface area contributed by atoms with E-state index in [0.29, 0.717) is 12.1 Å². The summed E-state index contributed by atoms with van der Waals surface area (Å²) < 4.78 is 0. The quantitative estimate of drug-likeness (QED) is 0.695. The van der Waals surface area contributed by atoms with Crippen LogP contribution in [-0.2, 0) is 15.1 Å². The van der Waals surface area contributed by atoms with Crippen molar-refractivity contribution in [2.24, 2.45) is 0 Å². The van der Waals surface area contributed by atoms with Crippen molar-refractivity contribution in [3.63, 3.8) is 0 Å². The van der Waals surface area contributed by atoms with Gasteiger partial charge in [0, 0.05) is 6.54 Å². The van der Waals surface area contributed by atoms with E-state index in [1.165, 1.54) is 11.3 Å². The molecule has 8 nitrogen and oxygen atoms in total. The molecule has 0 aliphatic carbocycles. The standard InChI is InChI=1S/C13H16N4O4S/c1-3-14-11(20)15-9(18)6-17-10(19)13(2,16-12(17)21)8-4-5-22-7-8/h4-5,7H,3,6H2,1-2H3,(H,16,21)(H2,14,15,18,20)/t13-/m0/s1. The van der Waals surface area contributed by atoms with Crippen LogP contribution >= 0.6 is 11.3 Å². The minimum absolute atomic E-state index is 0.360. The number of hydrogen-bond acceptors (Lipinski definition) is 5. The first kappa shape index (κ1) is 16.0. The minimum atomic E-state index is -1.19. The maximum atomic E-state index is 12.4. The van der Waals surface area contributed by atoms with E-state index < -0.39 is 36.0 Å². The highest BCUT2D eigenvalue weighted by molar-refractivity contribution is 7.08. The Labute approximate surface area is 130 Å². The Morgan fingerprint density at radius 2 is 2.14 bits per heavy atom. The number of carbonyl (C=O) groups excluding carboxylic acids is 4. The molecule has 1 fully saturated rings. The van der Waals surface area contributed by atoms with Gasteiger partial charge in [-0.25, -0.2) is 9.59 Å². The van der Waals surface area contributed by atoms with Crippen molar-refractivity contribution in [3.05, 3.63) is 22.4 Å². The summed E-state index contributed by atoms with van der Waals surface area (Å²) in [5, 5.41) is 10.6. The van der Waals surface area contributed by atoms with Gasteiger partial charge in [-0.2, -0.15) is 11.3 Å². The third-order valence-electron chi connectivity index (χ3n) is 3.27. The molecule has 0 radical (unpaired) electrons. The fraction of sp³-hybridized carbons (Fsp3) is 0.385. The van der Waals surface area contributed by atoms with Gasteiger partial charge in [0.05, 0.1) is 0 Å². The van der Waals surface area contributed by atoms with Crippen molar-refractivity contribution >= 4 is 35.2 Å². The van der Waals surface area contributed by atoms with Crippen LogP contribution in [0.3, 0.4) is 0 Å². The van der Waals surface area contributed by atoms with E-state index in [0.717, 1.165) is 4.90 Å². The summed E-state index contributed by atoms with van der Waals surface area (Å²) in [5.41, 5.74) is -0.536. The van der Waals surface area contributed by atoms with Crippen molar-refractivity contribution in [1.82, 2.24) is 20.9 Å². The van der Waals surface area contributed by atoms with Gasteiger partial charge in [0.1, 0.15) is 12.1 Å². The van der Waals surface area contributed by atoms with Crippen LogP contribution in [0.15, 0.2) is 16.8 Å². The molecule has 2 heterocycles. The maximum Gasteiger partial charge on any atom is 0.325 e. The highest BCUT2D eigenvalue weighted by Gasteiger charge is 2.49. The van der Waals surface area contributed by atoms with E-state index in [2.05, 4.69) is 16.0 Å². The fourth-order valence-corrected chi connectivity index (χ4v) is 2.86. The molecule has 1 aliphatic rings. The topological polar surface area (TPSA) is 108 Å². The van der Waals surface area contributed by atoms with Crippen molar-refractivity contribution in [3.8, 4) is 0 Å². The number of urea groups is 2. The highest BCUT2D eigenvalue weighted by Crippen LogP contribution is 2.29. The zero-order valence-corrected chi connectivity index (χ0v) is 13.0. The lowest BCUT2D eigenvalue weighted by Crippen LogP contribution is -2.46. The van der Waals surface area contributed by atoms with Crippen LogP contribution in [0.5, 0.6) is 0 Å². The molecule has 0 unspecified atom stereocenters. The molecule has 1 aromatic rings. The molecule has 1 aliphatic heterocycles. The van der Waals surface area contributed by atoms with Gasteiger partial charge >= 0.3 is 12.1 Å². The number of carbonyl (C=O) groups is 4. The van der Waals surface area contributed by atoms with E-state index >= 15 is 0 Å². The largest absolute Gasteiger partial charge is 0.338 e. The van der Waals surface area contributed by atoms with Gasteiger partial charge in [-0.15, -0.1) is 0 Å². The minimum Gasteiger partial charge on any atom is -0.338 e. The van der Waals surface area contributed by atoms with E-state index in [9.17, 15) is 19.2 Å². The lowest BCUT2D eigenvalue weighted by atomic mass is 9.95. The van der Waals surface area contributed by atoms with E-state index in [1.807, 2.05) is 0 Å². The Hall–Kier alpha value is -2.42. The SMILES string of the molecule is CCNC(=O)NC(=O)CN1C(=O)N[C@@](C)(c2ccsc2)C1=O. The summed E-state index contributed by atoms with van der Waals surface area (Å²) in [6.45, 7) is 3.13. The lowest BCUT2D eigenvalue weighted by molar-refractivity contribution is -0.134. The average Bonchev–Trinajstić information content (AvgIpc) is 3.04. The summed E-state index contributed by atoms with van der Waals surface area (Å²) in [6, 6.07) is 0.408. The van der Waals surface area contributed by atoms with Gasteiger partial charge in [-0.05, 0) is 36.2 Å². The number of rotatable bonds is 4. The predicted octanol–water partition coefficient (Wildman–Crippen LogP) is 0.361. The molecule has 1 aromatic heterocycles. The summed E-state index contributed by atoms with van der Waals surface area (Å²) in [7, 11) is 0. The number of imide groups is 2. The Morgan fingerprint density at radius 3 is 2.73 bits per heavy atom. The number of nitrogens with zero attached hydrogens (tertiary/aromatic N) is 1. The first-order chi connectivity index (χ1) is 10.4. The zero-order chi connectivity index (χ0) is 16.3. The van der Waals surface area contributed by atoms with Crippen molar-refractivity contribution in [2.45, 2.75) is 19.4 Å². The molecule has 9 heteroatoms. The van der Waals surface area contributed by atoms with Crippen LogP contribution in [-0.4, -0.2) is 41.9 Å². The highest BCUT2D eigenvalue weighted by atomic mass is 32.1. The lowest BCUT2D eigenvalue weighted by Gasteiger charge is -2.20. The normalized spacial score (nSPS) is 20.7. The fourth-order valence-electron chi connectivity index (χ4n) is 2.10. The van der Waals surface area contributed by atoms with Gasteiger partial charge in [0.2, 0.25) is 5.91 Å². The molecule has 0 aromatic carbocycles. The summed E-state index contributed by atoms with van der Waals surface area (Å²) in [5.74, 6) is -1.26. The molecule has 1 saturated heterocycles. The molecule has 3 N–H and O–H groups in total. The Bertz CT molecular complexity index is 616. The van der Waals surface area contributed by atoms with Crippen molar-refractivity contribution in [2.75, 3.05) is 13.1 Å². The number of amides is 6. The van der Waals surface area contributed by atoms with Crippen LogP contribution in [0.4, 0.5) is 9.59 Å². The molecule has 0 bridgehead atoms. The summed E-state index contributed by atoms with van der Waals surface area (Å²) in [6.07, 6.45) is 0. The Kier molecular flexibility index (Phi) is 4.45. The molecular formula is C13H16N4O4S. The van der Waals surface area contributed by atoms with Crippen LogP contribution < -0.4 is 16.0 Å². The van der Waals surface area contributed by atoms with E-state index in [1.54, 1.807) is 30.7 Å². The molecule has 118 valence electrons. The zero-order valence-electron chi connectivity index (χ0n) is 12.1. The van der Waals surface area contributed by atoms with E-state index in [4.69, 9.17) is 0 Å². The second kappa shape index (κ2) is 6.14. The van der Waals surface area contributed by atoms with Crippen LogP contribution in [0.1, 0.15) is 19.4 Å². The average molecular weight is 324 g/mol. The van der Waals surface area contributed by atoms with Gasteiger partial charge in [0.25, 0.3) is 5.91 Å². The van der Waals surface area contributed by atoms with Crippen molar-refractivity contribution in [1.29, 1.82) is 0 Å². The summed E-state index contributed by atoms with van der Waals surface area (Å²) in [4.78, 5) is 48.2. The van der Waals surface area contributed by atoms with Gasteiger partial charge in [0.15, 0.2) is 0 Å². The third kappa shape index (κ3) is 2.93. The molecule has 2 rings (SSSR count). The van der Waals surface area contributed by atoms with Crippen LogP contribution in [0, 0.1) is 0 Å². The Balaban J connectivity index is 2.07. The van der Waals surface area contributed by atoms with Crippen molar-refractivity contribution < 1.29 is 19.2 Å². The molecule has 22 heavy (non-hydrogen) atoms. The van der Waals surface area contributed by atoms with Gasteiger partial charge in [-0.1, -0.05) is 0 Å². The van der Waals surface area contributed by atoms with Crippen LogP contribution in [0.25, 0.3) is 0 Å². The number of thiophene rings is 1. The number of hydrogen-bond donors (Lipinski definition) is 3. The molecule has 1 atom stereocenters. The summed E-state index contributed by atoms with van der Waals surface area (Å²) >= 11 is 1.40. The predicted molar refractivity (Wildman–Crippen MR) is 79.1 cm³/mol.